The summed E-state index contributed by atoms with van der Waals surface area (Å²) in [6.07, 6.45) is 8.08. The lowest BCUT2D eigenvalue weighted by molar-refractivity contribution is 0.493. The van der Waals surface area contributed by atoms with Crippen LogP contribution >= 0.6 is 27.3 Å². The zero-order valence-electron chi connectivity index (χ0n) is 12.2. The van der Waals surface area contributed by atoms with E-state index in [0.717, 1.165) is 13.1 Å². The van der Waals surface area contributed by atoms with Crippen molar-refractivity contribution in [2.75, 3.05) is 6.54 Å². The lowest BCUT2D eigenvalue weighted by Crippen LogP contribution is -2.21. The topological polar surface area (TPSA) is 17.0 Å². The van der Waals surface area contributed by atoms with Crippen LogP contribution in [0.2, 0.25) is 0 Å². The third-order valence-electron chi connectivity index (χ3n) is 3.35. The van der Waals surface area contributed by atoms with Crippen molar-refractivity contribution in [3.8, 4) is 0 Å². The molecule has 0 aromatic carbocycles. The van der Waals surface area contributed by atoms with Crippen molar-refractivity contribution in [1.82, 2.24) is 9.88 Å². The Kier molecular flexibility index (Phi) is 6.33. The van der Waals surface area contributed by atoms with Crippen LogP contribution in [0, 0.1) is 0 Å². The van der Waals surface area contributed by atoms with E-state index in [4.69, 9.17) is 0 Å². The van der Waals surface area contributed by atoms with E-state index < -0.39 is 0 Å². The van der Waals surface area contributed by atoms with Gasteiger partial charge in [-0.05, 0) is 53.0 Å². The van der Waals surface area contributed by atoms with Gasteiger partial charge < -0.3 is 9.88 Å². The minimum Gasteiger partial charge on any atom is -0.349 e. The molecule has 20 heavy (non-hydrogen) atoms. The Balaban J connectivity index is 2.02. The van der Waals surface area contributed by atoms with Crippen LogP contribution in [-0.2, 0) is 6.54 Å². The molecular weight excluding hydrogens is 332 g/mol. The predicted molar refractivity (Wildman–Crippen MR) is 91.5 cm³/mol. The Morgan fingerprint density at radius 3 is 2.85 bits per heavy atom. The van der Waals surface area contributed by atoms with Crippen molar-refractivity contribution in [1.29, 1.82) is 0 Å². The van der Waals surface area contributed by atoms with Gasteiger partial charge in [-0.1, -0.05) is 20.3 Å². The average molecular weight is 355 g/mol. The maximum Gasteiger partial charge on any atom is 0.0564 e. The Hall–Kier alpha value is -0.580. The molecule has 2 aromatic rings. The number of hydrogen-bond donors (Lipinski definition) is 1. The molecule has 0 aliphatic heterocycles. The summed E-state index contributed by atoms with van der Waals surface area (Å²) < 4.78 is 3.46. The molecule has 0 spiro atoms. The Bertz CT molecular complexity index is 518. The quantitative estimate of drug-likeness (QED) is 0.689. The lowest BCUT2D eigenvalue weighted by Gasteiger charge is -2.16. The van der Waals surface area contributed by atoms with Gasteiger partial charge in [0.1, 0.15) is 0 Å². The molecule has 110 valence electrons. The fraction of sp³-hybridized carbons (Fsp3) is 0.500. The second-order valence-electron chi connectivity index (χ2n) is 5.14. The van der Waals surface area contributed by atoms with E-state index in [1.165, 1.54) is 34.2 Å². The first-order valence-corrected chi connectivity index (χ1v) is 9.02. The molecule has 2 aromatic heterocycles. The zero-order valence-corrected chi connectivity index (χ0v) is 14.6. The van der Waals surface area contributed by atoms with Gasteiger partial charge in [0.05, 0.1) is 6.54 Å². The van der Waals surface area contributed by atoms with Crippen LogP contribution < -0.4 is 5.32 Å². The molecular formula is C16H23BrN2S. The number of aromatic nitrogens is 1. The average Bonchev–Trinajstić information content (AvgIpc) is 3.04. The van der Waals surface area contributed by atoms with Gasteiger partial charge in [0, 0.05) is 33.2 Å². The molecule has 4 heteroatoms. The van der Waals surface area contributed by atoms with E-state index in [2.05, 4.69) is 69.6 Å². The fourth-order valence-electron chi connectivity index (χ4n) is 2.37. The van der Waals surface area contributed by atoms with Gasteiger partial charge in [-0.25, -0.2) is 0 Å². The molecule has 2 heterocycles. The third kappa shape index (κ3) is 4.47. The summed E-state index contributed by atoms with van der Waals surface area (Å²) in [4.78, 5) is 1.38. The van der Waals surface area contributed by atoms with Crippen LogP contribution in [-0.4, -0.2) is 11.1 Å². The summed E-state index contributed by atoms with van der Waals surface area (Å²) in [5.74, 6) is 0. The Morgan fingerprint density at radius 2 is 2.20 bits per heavy atom. The maximum absolute atomic E-state index is 3.65. The minimum absolute atomic E-state index is 0.497. The molecule has 0 fully saturated rings. The first-order chi connectivity index (χ1) is 9.72. The number of nitrogens with zero attached hydrogens (tertiary/aromatic N) is 1. The fourth-order valence-corrected chi connectivity index (χ4v) is 3.83. The summed E-state index contributed by atoms with van der Waals surface area (Å²) in [6.45, 7) is 6.52. The van der Waals surface area contributed by atoms with Crippen molar-refractivity contribution in [2.24, 2.45) is 0 Å². The molecule has 0 bridgehead atoms. The van der Waals surface area contributed by atoms with E-state index >= 15 is 0 Å². The molecule has 2 rings (SSSR count). The van der Waals surface area contributed by atoms with Crippen molar-refractivity contribution < 1.29 is 0 Å². The highest BCUT2D eigenvalue weighted by Gasteiger charge is 2.11. The summed E-state index contributed by atoms with van der Waals surface area (Å²) in [6, 6.07) is 4.95. The van der Waals surface area contributed by atoms with Crippen LogP contribution in [0.5, 0.6) is 0 Å². The molecule has 2 nitrogen and oxygen atoms in total. The SMILES string of the molecule is CCCNC(CCC)c1ccn(Cc2cc(Br)cs2)c1. The van der Waals surface area contributed by atoms with Gasteiger partial charge in [-0.2, -0.15) is 0 Å². The monoisotopic (exact) mass is 354 g/mol. The lowest BCUT2D eigenvalue weighted by atomic mass is 10.1. The number of nitrogens with one attached hydrogen (secondary N) is 1. The molecule has 0 radical (unpaired) electrons. The molecule has 0 aliphatic rings. The van der Waals surface area contributed by atoms with Crippen molar-refractivity contribution in [3.63, 3.8) is 0 Å². The van der Waals surface area contributed by atoms with Crippen LogP contribution in [0.25, 0.3) is 0 Å². The molecule has 0 aliphatic carbocycles. The number of hydrogen-bond acceptors (Lipinski definition) is 2. The maximum atomic E-state index is 3.65. The van der Waals surface area contributed by atoms with Crippen molar-refractivity contribution >= 4 is 27.3 Å². The van der Waals surface area contributed by atoms with E-state index in [0.29, 0.717) is 6.04 Å². The van der Waals surface area contributed by atoms with Crippen LogP contribution in [0.15, 0.2) is 34.4 Å². The molecule has 0 saturated heterocycles. The Labute approximate surface area is 134 Å². The standard InChI is InChI=1S/C16H23BrN2S/c1-3-5-16(18-7-4-2)13-6-8-19(10-13)11-15-9-14(17)12-20-15/h6,8-10,12,16,18H,3-5,7,11H2,1-2H3. The van der Waals surface area contributed by atoms with E-state index in [1.807, 2.05) is 0 Å². The first-order valence-electron chi connectivity index (χ1n) is 7.35. The van der Waals surface area contributed by atoms with Gasteiger partial charge >= 0.3 is 0 Å². The molecule has 0 saturated carbocycles. The third-order valence-corrected chi connectivity index (χ3v) is 5.04. The normalized spacial score (nSPS) is 12.8. The summed E-state index contributed by atoms with van der Waals surface area (Å²) in [5, 5.41) is 5.79. The Morgan fingerprint density at radius 1 is 1.35 bits per heavy atom. The van der Waals surface area contributed by atoms with Gasteiger partial charge in [0.15, 0.2) is 0 Å². The summed E-state index contributed by atoms with van der Waals surface area (Å²) in [5.41, 5.74) is 1.41. The smallest absolute Gasteiger partial charge is 0.0564 e. The second kappa shape index (κ2) is 8.01. The van der Waals surface area contributed by atoms with Crippen molar-refractivity contribution in [3.05, 3.63) is 44.8 Å². The van der Waals surface area contributed by atoms with Gasteiger partial charge in [-0.3, -0.25) is 0 Å². The summed E-state index contributed by atoms with van der Waals surface area (Å²) in [7, 11) is 0. The largest absolute Gasteiger partial charge is 0.349 e. The highest BCUT2D eigenvalue weighted by atomic mass is 79.9. The van der Waals surface area contributed by atoms with E-state index in [9.17, 15) is 0 Å². The molecule has 1 unspecified atom stereocenters. The first kappa shape index (κ1) is 15.8. The number of rotatable bonds is 8. The van der Waals surface area contributed by atoms with Crippen LogP contribution in [0.3, 0.4) is 0 Å². The van der Waals surface area contributed by atoms with Crippen LogP contribution in [0.1, 0.15) is 49.6 Å². The molecule has 1 atom stereocenters. The van der Waals surface area contributed by atoms with Crippen LogP contribution in [0.4, 0.5) is 0 Å². The molecule has 1 N–H and O–H groups in total. The predicted octanol–water partition coefficient (Wildman–Crippen LogP) is 5.20. The minimum atomic E-state index is 0.497. The zero-order chi connectivity index (χ0) is 14.4. The van der Waals surface area contributed by atoms with Crippen molar-refractivity contribution in [2.45, 2.75) is 45.7 Å². The highest BCUT2D eigenvalue weighted by Crippen LogP contribution is 2.23. The van der Waals surface area contributed by atoms with Gasteiger partial charge in [0.2, 0.25) is 0 Å². The number of thiophene rings is 1. The summed E-state index contributed by atoms with van der Waals surface area (Å²) >= 11 is 5.32. The number of halogens is 1. The van der Waals surface area contributed by atoms with Gasteiger partial charge in [-0.15, -0.1) is 11.3 Å². The van der Waals surface area contributed by atoms with Gasteiger partial charge in [0.25, 0.3) is 0 Å². The van der Waals surface area contributed by atoms with E-state index in [1.54, 1.807) is 11.3 Å². The van der Waals surface area contributed by atoms with E-state index in [-0.39, 0.29) is 0 Å². The molecule has 0 amide bonds. The highest BCUT2D eigenvalue weighted by molar-refractivity contribution is 9.10. The second-order valence-corrected chi connectivity index (χ2v) is 7.06.